The number of thiophene rings is 2. The van der Waals surface area contributed by atoms with Crippen LogP contribution in [0, 0.1) is 0 Å². The van der Waals surface area contributed by atoms with Crippen molar-refractivity contribution in [1.29, 1.82) is 0 Å². The quantitative estimate of drug-likeness (QED) is 0.352. The summed E-state index contributed by atoms with van der Waals surface area (Å²) >= 11 is 3.35. The molecule has 2 aromatic carbocycles. The molecule has 0 aliphatic rings. The summed E-state index contributed by atoms with van der Waals surface area (Å²) < 4.78 is 13.6. The van der Waals surface area contributed by atoms with Gasteiger partial charge in [-0.05, 0) is 46.5 Å². The number of hydrogen-bond acceptors (Lipinski definition) is 5. The van der Waals surface area contributed by atoms with E-state index in [-0.39, 0.29) is 5.97 Å². The highest BCUT2D eigenvalue weighted by Gasteiger charge is 2.09. The first-order chi connectivity index (χ1) is 11.7. The van der Waals surface area contributed by atoms with E-state index in [4.69, 9.17) is 9.47 Å². The molecule has 0 radical (unpaired) electrons. The van der Waals surface area contributed by atoms with Gasteiger partial charge in [0.25, 0.3) is 0 Å². The van der Waals surface area contributed by atoms with Crippen molar-refractivity contribution in [1.82, 2.24) is 0 Å². The van der Waals surface area contributed by atoms with Crippen LogP contribution in [0.25, 0.3) is 20.2 Å². The third kappa shape index (κ3) is 2.88. The number of carbonyl (C=O) groups excluding carboxylic acids is 1. The van der Waals surface area contributed by atoms with E-state index in [9.17, 15) is 4.79 Å². The molecule has 2 heterocycles. The van der Waals surface area contributed by atoms with Crippen LogP contribution < -0.4 is 9.47 Å². The Morgan fingerprint density at radius 3 is 2.92 bits per heavy atom. The van der Waals surface area contributed by atoms with E-state index < -0.39 is 0 Å². The zero-order valence-electron chi connectivity index (χ0n) is 12.9. The van der Waals surface area contributed by atoms with E-state index in [1.807, 2.05) is 30.3 Å². The number of carbonyl (C=O) groups is 1. The molecule has 0 saturated carbocycles. The smallest absolute Gasteiger partial charge is 0.308 e. The molecule has 0 aliphatic carbocycles. The van der Waals surface area contributed by atoms with E-state index in [0.717, 1.165) is 26.1 Å². The molecule has 24 heavy (non-hydrogen) atoms. The molecule has 4 rings (SSSR count). The fraction of sp³-hybridized carbons (Fsp3) is 0.105. The molecule has 3 nitrogen and oxygen atoms in total. The van der Waals surface area contributed by atoms with Gasteiger partial charge in [0.15, 0.2) is 0 Å². The topological polar surface area (TPSA) is 35.5 Å². The average Bonchev–Trinajstić information content (AvgIpc) is 3.19. The molecule has 5 heteroatoms. The number of benzene rings is 2. The molecule has 0 N–H and O–H groups in total. The Kier molecular flexibility index (Phi) is 3.96. The molecule has 0 amide bonds. The molecule has 0 fully saturated rings. The predicted octanol–water partition coefficient (Wildman–Crippen LogP) is 5.62. The largest absolute Gasteiger partial charge is 0.487 e. The maximum absolute atomic E-state index is 11.1. The summed E-state index contributed by atoms with van der Waals surface area (Å²) in [4.78, 5) is 11.1. The third-order valence-corrected chi connectivity index (χ3v) is 5.67. The van der Waals surface area contributed by atoms with Gasteiger partial charge in [-0.15, -0.1) is 22.7 Å². The minimum Gasteiger partial charge on any atom is -0.487 e. The standard InChI is InChI=1S/C19H14O3S2/c1-12(20)22-15-5-6-18-16(9-15)14(11-24-18)10-21-17-4-2-3-13-7-8-23-19(13)17/h2-9,11H,10H2,1H3. The highest BCUT2D eigenvalue weighted by Crippen LogP contribution is 2.33. The Labute approximate surface area is 147 Å². The second-order valence-corrected chi connectivity index (χ2v) is 7.22. The average molecular weight is 354 g/mol. The lowest BCUT2D eigenvalue weighted by Gasteiger charge is -2.07. The van der Waals surface area contributed by atoms with E-state index in [2.05, 4.69) is 22.9 Å². The first kappa shape index (κ1) is 15.2. The van der Waals surface area contributed by atoms with Gasteiger partial charge in [-0.25, -0.2) is 0 Å². The molecule has 2 aromatic heterocycles. The van der Waals surface area contributed by atoms with Crippen LogP contribution in [0.2, 0.25) is 0 Å². The Morgan fingerprint density at radius 1 is 1.12 bits per heavy atom. The molecule has 4 aromatic rings. The van der Waals surface area contributed by atoms with Gasteiger partial charge in [-0.1, -0.05) is 12.1 Å². The highest BCUT2D eigenvalue weighted by atomic mass is 32.1. The molecule has 0 saturated heterocycles. The van der Waals surface area contributed by atoms with Crippen LogP contribution in [0.4, 0.5) is 0 Å². The Balaban J connectivity index is 1.62. The third-order valence-electron chi connectivity index (χ3n) is 3.71. The van der Waals surface area contributed by atoms with Crippen molar-refractivity contribution >= 4 is 48.8 Å². The predicted molar refractivity (Wildman–Crippen MR) is 99.3 cm³/mol. The minimum atomic E-state index is -0.313. The molecule has 120 valence electrons. The van der Waals surface area contributed by atoms with Crippen molar-refractivity contribution in [3.8, 4) is 11.5 Å². The second-order valence-electron chi connectivity index (χ2n) is 5.40. The van der Waals surface area contributed by atoms with Crippen LogP contribution in [-0.2, 0) is 11.4 Å². The molecular formula is C19H14O3S2. The van der Waals surface area contributed by atoms with Crippen LogP contribution in [0.1, 0.15) is 12.5 Å². The van der Waals surface area contributed by atoms with Gasteiger partial charge < -0.3 is 9.47 Å². The Morgan fingerprint density at radius 2 is 2.04 bits per heavy atom. The van der Waals surface area contributed by atoms with Crippen LogP contribution in [0.5, 0.6) is 11.5 Å². The molecular weight excluding hydrogens is 340 g/mol. The van der Waals surface area contributed by atoms with Crippen LogP contribution in [0.15, 0.2) is 53.2 Å². The summed E-state index contributed by atoms with van der Waals surface area (Å²) in [6.45, 7) is 1.89. The Bertz CT molecular complexity index is 1030. The lowest BCUT2D eigenvalue weighted by atomic mass is 10.2. The minimum absolute atomic E-state index is 0.313. The normalized spacial score (nSPS) is 11.0. The first-order valence-corrected chi connectivity index (χ1v) is 9.24. The molecule has 0 spiro atoms. The van der Waals surface area contributed by atoms with Crippen LogP contribution in [0.3, 0.4) is 0 Å². The SMILES string of the molecule is CC(=O)Oc1ccc2scc(COc3cccc4ccsc34)c2c1. The van der Waals surface area contributed by atoms with Gasteiger partial charge in [-0.3, -0.25) is 4.79 Å². The molecule has 0 bridgehead atoms. The van der Waals surface area contributed by atoms with Crippen molar-refractivity contribution in [2.45, 2.75) is 13.5 Å². The van der Waals surface area contributed by atoms with E-state index in [1.165, 1.54) is 12.3 Å². The van der Waals surface area contributed by atoms with Crippen molar-refractivity contribution in [3.05, 3.63) is 58.8 Å². The summed E-state index contributed by atoms with van der Waals surface area (Å²) in [5, 5.41) is 6.43. The summed E-state index contributed by atoms with van der Waals surface area (Å²) in [7, 11) is 0. The maximum atomic E-state index is 11.1. The number of hydrogen-bond donors (Lipinski definition) is 0. The lowest BCUT2D eigenvalue weighted by Crippen LogP contribution is -2.01. The van der Waals surface area contributed by atoms with Gasteiger partial charge in [0.05, 0.1) is 4.70 Å². The molecule has 0 atom stereocenters. The number of esters is 1. The fourth-order valence-electron chi connectivity index (χ4n) is 2.64. The molecule has 0 unspecified atom stereocenters. The zero-order chi connectivity index (χ0) is 16.5. The van der Waals surface area contributed by atoms with Crippen molar-refractivity contribution in [2.24, 2.45) is 0 Å². The van der Waals surface area contributed by atoms with Crippen molar-refractivity contribution < 1.29 is 14.3 Å². The van der Waals surface area contributed by atoms with Crippen molar-refractivity contribution in [2.75, 3.05) is 0 Å². The molecule has 0 aliphatic heterocycles. The summed E-state index contributed by atoms with van der Waals surface area (Å²) in [6, 6.07) is 13.9. The van der Waals surface area contributed by atoms with Crippen LogP contribution in [-0.4, -0.2) is 5.97 Å². The van der Waals surface area contributed by atoms with Gasteiger partial charge >= 0.3 is 5.97 Å². The van der Waals surface area contributed by atoms with Gasteiger partial charge in [0.1, 0.15) is 18.1 Å². The highest BCUT2D eigenvalue weighted by molar-refractivity contribution is 7.17. The maximum Gasteiger partial charge on any atom is 0.308 e. The fourth-order valence-corrected chi connectivity index (χ4v) is 4.43. The van der Waals surface area contributed by atoms with Crippen LogP contribution >= 0.6 is 22.7 Å². The Hall–Kier alpha value is -2.37. The number of ether oxygens (including phenoxy) is 2. The summed E-state index contributed by atoms with van der Waals surface area (Å²) in [5.41, 5.74) is 1.09. The number of fused-ring (bicyclic) bond motifs is 2. The van der Waals surface area contributed by atoms with E-state index in [0.29, 0.717) is 12.4 Å². The van der Waals surface area contributed by atoms with Gasteiger partial charge in [-0.2, -0.15) is 0 Å². The van der Waals surface area contributed by atoms with Gasteiger partial charge in [0.2, 0.25) is 0 Å². The van der Waals surface area contributed by atoms with E-state index >= 15 is 0 Å². The summed E-state index contributed by atoms with van der Waals surface area (Å²) in [5.74, 6) is 1.15. The zero-order valence-corrected chi connectivity index (χ0v) is 14.6. The number of rotatable bonds is 4. The van der Waals surface area contributed by atoms with E-state index in [1.54, 1.807) is 22.7 Å². The monoisotopic (exact) mass is 354 g/mol. The van der Waals surface area contributed by atoms with Gasteiger partial charge in [0, 0.05) is 22.6 Å². The summed E-state index contributed by atoms with van der Waals surface area (Å²) in [6.07, 6.45) is 0. The first-order valence-electron chi connectivity index (χ1n) is 7.48. The second kappa shape index (κ2) is 6.26. The lowest BCUT2D eigenvalue weighted by molar-refractivity contribution is -0.131. The van der Waals surface area contributed by atoms with Crippen molar-refractivity contribution in [3.63, 3.8) is 0 Å².